The summed E-state index contributed by atoms with van der Waals surface area (Å²) in [4.78, 5) is 12.2. The fourth-order valence-corrected chi connectivity index (χ4v) is 3.74. The van der Waals surface area contributed by atoms with Gasteiger partial charge in [-0.2, -0.15) is 0 Å². The highest BCUT2D eigenvalue weighted by atomic mass is 16.1. The van der Waals surface area contributed by atoms with Crippen molar-refractivity contribution < 1.29 is 4.79 Å². The van der Waals surface area contributed by atoms with Gasteiger partial charge in [0.05, 0.1) is 0 Å². The molecule has 2 N–H and O–H groups in total. The number of nitrogens with one attached hydrogen (secondary N) is 2. The zero-order valence-corrected chi connectivity index (χ0v) is 13.5. The van der Waals surface area contributed by atoms with Crippen LogP contribution in [0.3, 0.4) is 0 Å². The molecular formula is C17H32N2O. The summed E-state index contributed by atoms with van der Waals surface area (Å²) in [5.74, 6) is 1.36. The Bertz CT molecular complexity index is 307. The predicted molar refractivity (Wildman–Crippen MR) is 83.6 cm³/mol. The molecule has 0 aromatic heterocycles. The Morgan fingerprint density at radius 2 is 1.85 bits per heavy atom. The van der Waals surface area contributed by atoms with E-state index in [1.54, 1.807) is 0 Å². The van der Waals surface area contributed by atoms with Crippen LogP contribution < -0.4 is 10.6 Å². The van der Waals surface area contributed by atoms with Crippen LogP contribution in [0.4, 0.5) is 0 Å². The molecule has 0 aromatic carbocycles. The molecule has 3 heteroatoms. The first-order valence-corrected chi connectivity index (χ1v) is 8.48. The minimum absolute atomic E-state index is 0.269. The molecule has 2 fully saturated rings. The van der Waals surface area contributed by atoms with Crippen molar-refractivity contribution in [3.8, 4) is 0 Å². The second kappa shape index (κ2) is 6.93. The molecule has 1 aliphatic carbocycles. The molecule has 20 heavy (non-hydrogen) atoms. The lowest BCUT2D eigenvalue weighted by Gasteiger charge is -2.36. The summed E-state index contributed by atoms with van der Waals surface area (Å²) in [6.45, 7) is 8.97. The summed E-state index contributed by atoms with van der Waals surface area (Å²) in [6.07, 6.45) is 8.23. The van der Waals surface area contributed by atoms with Gasteiger partial charge in [-0.3, -0.25) is 4.79 Å². The first kappa shape index (κ1) is 15.8. The molecule has 116 valence electrons. The van der Waals surface area contributed by atoms with Gasteiger partial charge in [0.1, 0.15) is 0 Å². The van der Waals surface area contributed by atoms with Gasteiger partial charge in [0.2, 0.25) is 5.91 Å². The molecule has 2 rings (SSSR count). The van der Waals surface area contributed by atoms with Crippen LogP contribution in [0.25, 0.3) is 0 Å². The summed E-state index contributed by atoms with van der Waals surface area (Å²) < 4.78 is 0. The monoisotopic (exact) mass is 280 g/mol. The van der Waals surface area contributed by atoms with Gasteiger partial charge in [0.25, 0.3) is 0 Å². The van der Waals surface area contributed by atoms with Crippen LogP contribution in [0, 0.1) is 17.3 Å². The van der Waals surface area contributed by atoms with Gasteiger partial charge < -0.3 is 10.6 Å². The Morgan fingerprint density at radius 3 is 2.40 bits per heavy atom. The van der Waals surface area contributed by atoms with Crippen LogP contribution in [-0.4, -0.2) is 25.0 Å². The quantitative estimate of drug-likeness (QED) is 0.831. The number of carbonyl (C=O) groups excluding carboxylic acids is 1. The van der Waals surface area contributed by atoms with Crippen molar-refractivity contribution in [3.63, 3.8) is 0 Å². The summed E-state index contributed by atoms with van der Waals surface area (Å²) in [6, 6.07) is 0.631. The second-order valence-electron chi connectivity index (χ2n) is 7.79. The van der Waals surface area contributed by atoms with Crippen molar-refractivity contribution in [2.24, 2.45) is 17.3 Å². The summed E-state index contributed by atoms with van der Waals surface area (Å²) in [5.41, 5.74) is 0.398. The smallest absolute Gasteiger partial charge is 0.223 e. The van der Waals surface area contributed by atoms with Gasteiger partial charge in [-0.05, 0) is 62.8 Å². The zero-order valence-electron chi connectivity index (χ0n) is 13.5. The molecule has 2 aliphatic rings. The molecule has 1 saturated carbocycles. The number of hydrogen-bond donors (Lipinski definition) is 2. The number of rotatable bonds is 4. The zero-order chi connectivity index (χ0) is 14.6. The predicted octanol–water partition coefficient (Wildman–Crippen LogP) is 3.10. The Morgan fingerprint density at radius 1 is 1.15 bits per heavy atom. The van der Waals surface area contributed by atoms with Crippen molar-refractivity contribution in [1.82, 2.24) is 10.6 Å². The lowest BCUT2D eigenvalue weighted by molar-refractivity contribution is -0.126. The minimum Gasteiger partial charge on any atom is -0.356 e. The third-order valence-corrected chi connectivity index (χ3v) is 5.28. The van der Waals surface area contributed by atoms with Gasteiger partial charge in [-0.15, -0.1) is 0 Å². The maximum absolute atomic E-state index is 12.2. The lowest BCUT2D eigenvalue weighted by atomic mass is 9.69. The summed E-state index contributed by atoms with van der Waals surface area (Å²) in [7, 11) is 0. The molecule has 0 aromatic rings. The van der Waals surface area contributed by atoms with Crippen molar-refractivity contribution in [2.75, 3.05) is 13.1 Å². The van der Waals surface area contributed by atoms with Crippen LogP contribution in [0.5, 0.6) is 0 Å². The summed E-state index contributed by atoms with van der Waals surface area (Å²) in [5, 5.41) is 6.63. The highest BCUT2D eigenvalue weighted by molar-refractivity contribution is 5.78. The Kier molecular flexibility index (Phi) is 5.48. The first-order valence-electron chi connectivity index (χ1n) is 8.48. The van der Waals surface area contributed by atoms with E-state index in [4.69, 9.17) is 0 Å². The minimum atomic E-state index is 0.269. The van der Waals surface area contributed by atoms with E-state index in [0.717, 1.165) is 38.3 Å². The standard InChI is InChI=1S/C17H32N2O/c1-17(2,3)14-8-6-13(7-9-14)16(20)19-12-10-15-5-4-11-18-15/h13-15,18H,4-12H2,1-3H3,(H,19,20). The SMILES string of the molecule is CC(C)(C)C1CCC(C(=O)NCCC2CCCN2)CC1. The molecule has 0 bridgehead atoms. The Balaban J connectivity index is 1.64. The van der Waals surface area contributed by atoms with Gasteiger partial charge in [0, 0.05) is 18.5 Å². The molecule has 1 aliphatic heterocycles. The highest BCUT2D eigenvalue weighted by Gasteiger charge is 2.32. The van der Waals surface area contributed by atoms with Gasteiger partial charge >= 0.3 is 0 Å². The van der Waals surface area contributed by atoms with Crippen LogP contribution in [0.1, 0.15) is 65.7 Å². The lowest BCUT2D eigenvalue weighted by Crippen LogP contribution is -2.37. The van der Waals surface area contributed by atoms with Gasteiger partial charge in [0.15, 0.2) is 0 Å². The van der Waals surface area contributed by atoms with Crippen LogP contribution in [0.2, 0.25) is 0 Å². The maximum Gasteiger partial charge on any atom is 0.223 e. The van der Waals surface area contributed by atoms with Crippen LogP contribution >= 0.6 is 0 Å². The van der Waals surface area contributed by atoms with Gasteiger partial charge in [-0.1, -0.05) is 20.8 Å². The van der Waals surface area contributed by atoms with E-state index in [1.165, 1.54) is 25.7 Å². The first-order chi connectivity index (χ1) is 9.47. The number of hydrogen-bond acceptors (Lipinski definition) is 2. The largest absolute Gasteiger partial charge is 0.356 e. The van der Waals surface area contributed by atoms with E-state index in [1.807, 2.05) is 0 Å². The van der Waals surface area contributed by atoms with E-state index in [2.05, 4.69) is 31.4 Å². The molecular weight excluding hydrogens is 248 g/mol. The van der Waals surface area contributed by atoms with E-state index in [-0.39, 0.29) is 5.92 Å². The normalized spacial score (nSPS) is 31.2. The average Bonchev–Trinajstić information content (AvgIpc) is 2.91. The second-order valence-corrected chi connectivity index (χ2v) is 7.79. The number of carbonyl (C=O) groups is 1. The van der Waals surface area contributed by atoms with E-state index in [9.17, 15) is 4.79 Å². The van der Waals surface area contributed by atoms with E-state index >= 15 is 0 Å². The van der Waals surface area contributed by atoms with Crippen molar-refractivity contribution in [2.45, 2.75) is 71.8 Å². The molecule has 1 amide bonds. The van der Waals surface area contributed by atoms with Crippen LogP contribution in [-0.2, 0) is 4.79 Å². The highest BCUT2D eigenvalue weighted by Crippen LogP contribution is 2.39. The summed E-state index contributed by atoms with van der Waals surface area (Å²) >= 11 is 0. The topological polar surface area (TPSA) is 41.1 Å². The van der Waals surface area contributed by atoms with E-state index in [0.29, 0.717) is 17.4 Å². The molecule has 1 atom stereocenters. The van der Waals surface area contributed by atoms with Crippen LogP contribution in [0.15, 0.2) is 0 Å². The van der Waals surface area contributed by atoms with Crippen molar-refractivity contribution in [1.29, 1.82) is 0 Å². The van der Waals surface area contributed by atoms with Crippen molar-refractivity contribution >= 4 is 5.91 Å². The molecule has 1 saturated heterocycles. The molecule has 3 nitrogen and oxygen atoms in total. The fraction of sp³-hybridized carbons (Fsp3) is 0.941. The Hall–Kier alpha value is -0.570. The van der Waals surface area contributed by atoms with Gasteiger partial charge in [-0.25, -0.2) is 0 Å². The molecule has 1 unspecified atom stereocenters. The average molecular weight is 280 g/mol. The third-order valence-electron chi connectivity index (χ3n) is 5.28. The number of amides is 1. The Labute approximate surface area is 124 Å². The molecule has 1 heterocycles. The fourth-order valence-electron chi connectivity index (χ4n) is 3.74. The van der Waals surface area contributed by atoms with Crippen molar-refractivity contribution in [3.05, 3.63) is 0 Å². The third kappa shape index (κ3) is 4.47. The molecule has 0 spiro atoms. The van der Waals surface area contributed by atoms with E-state index < -0.39 is 0 Å². The maximum atomic E-state index is 12.2. The molecule has 0 radical (unpaired) electrons.